The lowest BCUT2D eigenvalue weighted by molar-refractivity contribution is -0.133. The van der Waals surface area contributed by atoms with Gasteiger partial charge in [0.05, 0.1) is 5.56 Å². The first-order valence-corrected chi connectivity index (χ1v) is 6.66. The molecule has 1 amide bonds. The number of amides is 1. The Hall–Kier alpha value is -2.93. The molecular weight excluding hydrogens is 281 g/mol. The van der Waals surface area contributed by atoms with Crippen LogP contribution in [0.3, 0.4) is 0 Å². The molecule has 4 heteroatoms. The molecule has 0 aliphatic carbocycles. The molecule has 0 saturated carbocycles. The monoisotopic (exact) mass is 295 g/mol. The Morgan fingerprint density at radius 2 is 1.73 bits per heavy atom. The van der Waals surface area contributed by atoms with Crippen LogP contribution in [0.15, 0.2) is 42.5 Å². The van der Waals surface area contributed by atoms with Gasteiger partial charge in [0.2, 0.25) is 5.78 Å². The summed E-state index contributed by atoms with van der Waals surface area (Å²) in [4.78, 5) is 22.1. The van der Waals surface area contributed by atoms with Crippen molar-refractivity contribution in [3.8, 4) is 11.8 Å². The van der Waals surface area contributed by atoms with E-state index in [4.69, 9.17) is 0 Å². The SMILES string of the molecule is CC(=O)C(=O)Nc1ccc(C#Cc2ccc(C)cc2F)cc1. The zero-order valence-corrected chi connectivity index (χ0v) is 12.2. The van der Waals surface area contributed by atoms with Crippen molar-refractivity contribution in [2.75, 3.05) is 5.32 Å². The summed E-state index contributed by atoms with van der Waals surface area (Å²) in [5.41, 5.74) is 2.36. The van der Waals surface area contributed by atoms with Crippen molar-refractivity contribution in [3.05, 3.63) is 65.0 Å². The molecule has 2 aromatic carbocycles. The molecule has 0 heterocycles. The van der Waals surface area contributed by atoms with Gasteiger partial charge < -0.3 is 5.32 Å². The van der Waals surface area contributed by atoms with Crippen LogP contribution in [-0.2, 0) is 9.59 Å². The highest BCUT2D eigenvalue weighted by Crippen LogP contribution is 2.11. The number of aryl methyl sites for hydroxylation is 1. The average Bonchev–Trinajstić information content (AvgIpc) is 2.47. The number of carbonyl (C=O) groups is 2. The van der Waals surface area contributed by atoms with Gasteiger partial charge in [-0.15, -0.1) is 0 Å². The lowest BCUT2D eigenvalue weighted by atomic mass is 10.1. The van der Waals surface area contributed by atoms with Crippen molar-refractivity contribution in [2.45, 2.75) is 13.8 Å². The number of carbonyl (C=O) groups excluding carboxylic acids is 2. The number of anilines is 1. The number of halogens is 1. The van der Waals surface area contributed by atoms with E-state index >= 15 is 0 Å². The number of benzene rings is 2. The van der Waals surface area contributed by atoms with E-state index in [-0.39, 0.29) is 5.82 Å². The van der Waals surface area contributed by atoms with Crippen LogP contribution in [0.25, 0.3) is 0 Å². The van der Waals surface area contributed by atoms with E-state index in [0.29, 0.717) is 16.8 Å². The molecule has 0 aromatic heterocycles. The van der Waals surface area contributed by atoms with E-state index in [1.54, 1.807) is 36.4 Å². The van der Waals surface area contributed by atoms with Crippen LogP contribution in [0.1, 0.15) is 23.6 Å². The van der Waals surface area contributed by atoms with Crippen molar-refractivity contribution in [3.63, 3.8) is 0 Å². The Morgan fingerprint density at radius 3 is 2.32 bits per heavy atom. The summed E-state index contributed by atoms with van der Waals surface area (Å²) in [6.45, 7) is 3.01. The summed E-state index contributed by atoms with van der Waals surface area (Å²) >= 11 is 0. The van der Waals surface area contributed by atoms with Crippen LogP contribution in [-0.4, -0.2) is 11.7 Å². The molecule has 0 aliphatic heterocycles. The summed E-state index contributed by atoms with van der Waals surface area (Å²) < 4.78 is 13.7. The first-order chi connectivity index (χ1) is 10.5. The number of rotatable bonds is 2. The maximum atomic E-state index is 13.7. The minimum atomic E-state index is -0.666. The minimum Gasteiger partial charge on any atom is -0.319 e. The average molecular weight is 295 g/mol. The van der Waals surface area contributed by atoms with E-state index in [9.17, 15) is 14.0 Å². The maximum absolute atomic E-state index is 13.7. The van der Waals surface area contributed by atoms with Gasteiger partial charge >= 0.3 is 0 Å². The fourth-order valence-corrected chi connectivity index (χ4v) is 1.72. The van der Waals surface area contributed by atoms with Crippen molar-refractivity contribution < 1.29 is 14.0 Å². The summed E-state index contributed by atoms with van der Waals surface area (Å²) in [5, 5.41) is 2.46. The minimum absolute atomic E-state index is 0.333. The van der Waals surface area contributed by atoms with Gasteiger partial charge in [-0.05, 0) is 48.9 Å². The molecule has 0 spiro atoms. The normalized spacial score (nSPS) is 9.59. The van der Waals surface area contributed by atoms with E-state index in [1.165, 1.54) is 13.0 Å². The molecule has 0 atom stereocenters. The van der Waals surface area contributed by atoms with Gasteiger partial charge in [-0.1, -0.05) is 17.9 Å². The molecule has 0 unspecified atom stereocenters. The highest BCUT2D eigenvalue weighted by Gasteiger charge is 2.06. The molecule has 0 saturated heterocycles. The molecule has 110 valence electrons. The highest BCUT2D eigenvalue weighted by molar-refractivity contribution is 6.39. The molecule has 3 nitrogen and oxygen atoms in total. The Bertz CT molecular complexity index is 783. The van der Waals surface area contributed by atoms with E-state index in [1.807, 2.05) is 6.92 Å². The standard InChI is InChI=1S/C18H14FNO2/c1-12-3-7-15(17(19)11-12)8-4-14-5-9-16(10-6-14)20-18(22)13(2)21/h3,5-7,9-11H,1-2H3,(H,20,22). The Morgan fingerprint density at radius 1 is 1.05 bits per heavy atom. The zero-order chi connectivity index (χ0) is 16.1. The van der Waals surface area contributed by atoms with Crippen molar-refractivity contribution in [2.24, 2.45) is 0 Å². The predicted molar refractivity (Wildman–Crippen MR) is 82.9 cm³/mol. The fraction of sp³-hybridized carbons (Fsp3) is 0.111. The van der Waals surface area contributed by atoms with Crippen LogP contribution < -0.4 is 5.32 Å². The maximum Gasteiger partial charge on any atom is 0.291 e. The van der Waals surface area contributed by atoms with E-state index < -0.39 is 11.7 Å². The van der Waals surface area contributed by atoms with Gasteiger partial charge in [0.1, 0.15) is 5.82 Å². The number of hydrogen-bond donors (Lipinski definition) is 1. The zero-order valence-electron chi connectivity index (χ0n) is 12.2. The lowest BCUT2D eigenvalue weighted by Crippen LogP contribution is -2.19. The van der Waals surface area contributed by atoms with Gasteiger partial charge in [-0.2, -0.15) is 0 Å². The predicted octanol–water partition coefficient (Wildman–Crippen LogP) is 3.06. The summed E-state index contributed by atoms with van der Waals surface area (Å²) in [5.74, 6) is 4.05. The Balaban J connectivity index is 2.13. The third-order valence-corrected chi connectivity index (χ3v) is 2.93. The van der Waals surface area contributed by atoms with E-state index in [2.05, 4.69) is 17.2 Å². The number of nitrogens with one attached hydrogen (secondary N) is 1. The van der Waals surface area contributed by atoms with Crippen LogP contribution in [0.2, 0.25) is 0 Å². The smallest absolute Gasteiger partial charge is 0.291 e. The topological polar surface area (TPSA) is 46.2 Å². The van der Waals surface area contributed by atoms with Gasteiger partial charge in [-0.3, -0.25) is 9.59 Å². The second kappa shape index (κ2) is 6.68. The second-order valence-electron chi connectivity index (χ2n) is 4.82. The van der Waals surface area contributed by atoms with Crippen LogP contribution >= 0.6 is 0 Å². The second-order valence-corrected chi connectivity index (χ2v) is 4.82. The van der Waals surface area contributed by atoms with Crippen molar-refractivity contribution in [1.82, 2.24) is 0 Å². The molecule has 2 rings (SSSR count). The van der Waals surface area contributed by atoms with E-state index in [0.717, 1.165) is 5.56 Å². The first-order valence-electron chi connectivity index (χ1n) is 6.66. The first kappa shape index (κ1) is 15.5. The summed E-state index contributed by atoms with van der Waals surface area (Å²) in [6, 6.07) is 11.5. The molecule has 0 radical (unpaired) electrons. The van der Waals surface area contributed by atoms with Gasteiger partial charge in [-0.25, -0.2) is 4.39 Å². The van der Waals surface area contributed by atoms with Crippen molar-refractivity contribution in [1.29, 1.82) is 0 Å². The molecule has 1 N–H and O–H groups in total. The van der Waals surface area contributed by atoms with Crippen molar-refractivity contribution >= 4 is 17.4 Å². The number of hydrogen-bond acceptors (Lipinski definition) is 2. The third-order valence-electron chi connectivity index (χ3n) is 2.93. The number of Topliss-reactive ketones (excluding diaryl/α,β-unsaturated/α-hetero) is 1. The fourth-order valence-electron chi connectivity index (χ4n) is 1.72. The number of ketones is 1. The van der Waals surface area contributed by atoms with Crippen LogP contribution in [0, 0.1) is 24.6 Å². The molecule has 2 aromatic rings. The van der Waals surface area contributed by atoms with Crippen LogP contribution in [0.5, 0.6) is 0 Å². The van der Waals surface area contributed by atoms with Crippen LogP contribution in [0.4, 0.5) is 10.1 Å². The molecule has 0 bridgehead atoms. The largest absolute Gasteiger partial charge is 0.319 e. The van der Waals surface area contributed by atoms with Gasteiger partial charge in [0, 0.05) is 18.2 Å². The molecule has 22 heavy (non-hydrogen) atoms. The molecular formula is C18H14FNO2. The quantitative estimate of drug-likeness (QED) is 0.683. The summed E-state index contributed by atoms with van der Waals surface area (Å²) in [7, 11) is 0. The lowest BCUT2D eigenvalue weighted by Gasteiger charge is -2.02. The molecule has 0 aliphatic rings. The highest BCUT2D eigenvalue weighted by atomic mass is 19.1. The van der Waals surface area contributed by atoms with Gasteiger partial charge in [0.25, 0.3) is 5.91 Å². The van der Waals surface area contributed by atoms with Gasteiger partial charge in [0.15, 0.2) is 0 Å². The Labute approximate surface area is 128 Å². The third kappa shape index (κ3) is 4.03. The molecule has 0 fully saturated rings. The summed E-state index contributed by atoms with van der Waals surface area (Å²) in [6.07, 6.45) is 0. The Kier molecular flexibility index (Phi) is 4.70.